The Morgan fingerprint density at radius 3 is 2.56 bits per heavy atom. The third-order valence-corrected chi connectivity index (χ3v) is 9.14. The van der Waals surface area contributed by atoms with E-state index in [4.69, 9.17) is 35.9 Å². The molecule has 1 atom stereocenters. The molecular formula is C39H39ClN4O4. The monoisotopic (exact) mass is 662 g/mol. The highest BCUT2D eigenvalue weighted by molar-refractivity contribution is 6.36. The normalized spacial score (nSPS) is 15.7. The number of hydrogen-bond acceptors (Lipinski definition) is 7. The number of fused-ring (bicyclic) bond motifs is 9. The molecule has 4 heterocycles. The number of allylic oxidation sites excluding steroid dienone is 1. The van der Waals surface area contributed by atoms with Crippen LogP contribution in [0.25, 0.3) is 39.3 Å². The minimum Gasteiger partial charge on any atom is -0.490 e. The number of benzene rings is 3. The van der Waals surface area contributed by atoms with Gasteiger partial charge in [0.15, 0.2) is 11.8 Å². The number of nitrogens with zero attached hydrogens (tertiary/aromatic N) is 4. The van der Waals surface area contributed by atoms with Crippen molar-refractivity contribution in [1.82, 2.24) is 14.6 Å². The lowest BCUT2D eigenvalue weighted by Gasteiger charge is -2.32. The molecule has 0 saturated carbocycles. The first-order chi connectivity index (χ1) is 23.1. The molecule has 0 fully saturated rings. The number of anilines is 1. The Morgan fingerprint density at radius 1 is 1.00 bits per heavy atom. The molecule has 0 unspecified atom stereocenters. The van der Waals surface area contributed by atoms with Crippen molar-refractivity contribution >= 4 is 28.9 Å². The van der Waals surface area contributed by atoms with Crippen LogP contribution in [-0.4, -0.2) is 53.0 Å². The number of carbonyl (C=O) groups excluding carboxylic acids is 1. The third kappa shape index (κ3) is 6.06. The Balaban J connectivity index is 1.53. The van der Waals surface area contributed by atoms with Crippen LogP contribution in [0.2, 0.25) is 5.02 Å². The van der Waals surface area contributed by atoms with Crippen molar-refractivity contribution in [2.75, 3.05) is 31.7 Å². The molecule has 8 nitrogen and oxygen atoms in total. The molecule has 2 aromatic heterocycles. The summed E-state index contributed by atoms with van der Waals surface area (Å²) in [5, 5.41) is 5.65. The van der Waals surface area contributed by atoms with E-state index in [0.29, 0.717) is 58.6 Å². The zero-order chi connectivity index (χ0) is 33.6. The molecule has 2 aliphatic rings. The Labute approximate surface area is 285 Å². The average Bonchev–Trinajstić information content (AvgIpc) is 3.50. The van der Waals surface area contributed by atoms with Crippen molar-refractivity contribution in [1.29, 1.82) is 0 Å². The average molecular weight is 663 g/mol. The summed E-state index contributed by atoms with van der Waals surface area (Å²) < 4.78 is 19.6. The van der Waals surface area contributed by atoms with Crippen molar-refractivity contribution in [3.63, 3.8) is 0 Å². The molecule has 0 amide bonds. The summed E-state index contributed by atoms with van der Waals surface area (Å²) in [4.78, 5) is 20.7. The number of esters is 1. The fourth-order valence-corrected chi connectivity index (χ4v) is 6.93. The highest BCUT2D eigenvalue weighted by Crippen LogP contribution is 2.47. The molecule has 2 aliphatic heterocycles. The molecule has 0 N–H and O–H groups in total. The highest BCUT2D eigenvalue weighted by Gasteiger charge is 2.35. The highest BCUT2D eigenvalue weighted by atomic mass is 35.5. The fourth-order valence-electron chi connectivity index (χ4n) is 6.57. The van der Waals surface area contributed by atoms with Crippen LogP contribution in [0, 0.1) is 6.92 Å². The van der Waals surface area contributed by atoms with E-state index in [1.54, 1.807) is 4.52 Å². The van der Waals surface area contributed by atoms with Crippen LogP contribution in [0.3, 0.4) is 0 Å². The number of ether oxygens (including phenoxy) is 3. The second-order valence-corrected chi connectivity index (χ2v) is 13.6. The molecule has 9 heteroatoms. The maximum absolute atomic E-state index is 13.5. The first kappa shape index (κ1) is 31.9. The van der Waals surface area contributed by atoms with Gasteiger partial charge in [0.05, 0.1) is 41.4 Å². The lowest BCUT2D eigenvalue weighted by Crippen LogP contribution is -2.33. The Bertz CT molecular complexity index is 2060. The van der Waals surface area contributed by atoms with E-state index in [1.165, 1.54) is 12.7 Å². The molecular weight excluding hydrogens is 624 g/mol. The summed E-state index contributed by atoms with van der Waals surface area (Å²) in [6, 6.07) is 22.9. The lowest BCUT2D eigenvalue weighted by atomic mass is 9.97. The Morgan fingerprint density at radius 2 is 1.77 bits per heavy atom. The van der Waals surface area contributed by atoms with Crippen LogP contribution in [0.4, 0.5) is 5.69 Å². The van der Waals surface area contributed by atoms with Crippen LogP contribution >= 0.6 is 11.6 Å². The van der Waals surface area contributed by atoms with Gasteiger partial charge in [-0.25, -0.2) is 14.3 Å². The van der Waals surface area contributed by atoms with E-state index in [0.717, 1.165) is 40.9 Å². The molecule has 3 aromatic carbocycles. The standard InChI is InChI=1S/C39H39ClN4O4/c1-24-33(37(38(45)46-5)48-39(2,3)4)35-29-16-17-31-36(34(29)40)43(19-20-47-31)18-8-6-7-11-25-12-9-13-26(21-25)27-14-10-15-28(22-27)30-23-32(41-24)44(35)42-30/h6,8-10,12-17,21-23,37H,7,11,18-20H2,1-5H3/b8-6-/t37-/m0/s1. The molecule has 7 rings (SSSR count). The van der Waals surface area contributed by atoms with Gasteiger partial charge in [0.1, 0.15) is 12.4 Å². The van der Waals surface area contributed by atoms with Crippen molar-refractivity contribution < 1.29 is 19.0 Å². The van der Waals surface area contributed by atoms with Gasteiger partial charge < -0.3 is 19.1 Å². The molecule has 0 spiro atoms. The van der Waals surface area contributed by atoms with Crippen molar-refractivity contribution in [3.8, 4) is 39.4 Å². The van der Waals surface area contributed by atoms with E-state index in [9.17, 15) is 4.79 Å². The topological polar surface area (TPSA) is 78.2 Å². The van der Waals surface area contributed by atoms with Gasteiger partial charge in [-0.05, 0) is 75.4 Å². The summed E-state index contributed by atoms with van der Waals surface area (Å²) in [7, 11) is 1.36. The zero-order valence-electron chi connectivity index (χ0n) is 27.9. The SMILES string of the molecule is COC(=O)[C@@H](OC(C)(C)C)c1c(C)nc2cc3nn2c1-c1ccc2c(c1Cl)N(C/C=C\CCc1cccc(c1)-c1cccc-3c1)CCO2. The molecule has 0 saturated heterocycles. The van der Waals surface area contributed by atoms with Gasteiger partial charge in [-0.2, -0.15) is 5.10 Å². The number of hydrogen-bond donors (Lipinski definition) is 0. The van der Waals surface area contributed by atoms with Crippen molar-refractivity contribution in [3.05, 3.63) is 101 Å². The van der Waals surface area contributed by atoms with E-state index >= 15 is 0 Å². The van der Waals surface area contributed by atoms with Gasteiger partial charge in [-0.1, -0.05) is 66.2 Å². The summed E-state index contributed by atoms with van der Waals surface area (Å²) in [6.07, 6.45) is 5.20. The predicted molar refractivity (Wildman–Crippen MR) is 190 cm³/mol. The van der Waals surface area contributed by atoms with Gasteiger partial charge in [0.2, 0.25) is 0 Å². The smallest absolute Gasteiger partial charge is 0.339 e. The van der Waals surface area contributed by atoms with Crippen LogP contribution in [0.5, 0.6) is 5.75 Å². The van der Waals surface area contributed by atoms with Crippen LogP contribution in [0.15, 0.2) is 78.9 Å². The predicted octanol–water partition coefficient (Wildman–Crippen LogP) is 8.42. The summed E-state index contributed by atoms with van der Waals surface area (Å²) in [5.74, 6) is 0.176. The number of carbonyl (C=O) groups is 1. The van der Waals surface area contributed by atoms with Gasteiger partial charge in [0.25, 0.3) is 0 Å². The van der Waals surface area contributed by atoms with E-state index in [1.807, 2.05) is 45.9 Å². The molecule has 0 aliphatic carbocycles. The van der Waals surface area contributed by atoms with Crippen molar-refractivity contribution in [2.24, 2.45) is 0 Å². The first-order valence-electron chi connectivity index (χ1n) is 16.3. The number of halogens is 1. The van der Waals surface area contributed by atoms with Gasteiger partial charge in [0, 0.05) is 35.0 Å². The maximum Gasteiger partial charge on any atom is 0.339 e. The summed E-state index contributed by atoms with van der Waals surface area (Å²) in [6.45, 7) is 9.51. The quantitative estimate of drug-likeness (QED) is 0.142. The minimum absolute atomic E-state index is 0.501. The maximum atomic E-state index is 13.5. The fraction of sp³-hybridized carbons (Fsp3) is 0.308. The largest absolute Gasteiger partial charge is 0.490 e. The van der Waals surface area contributed by atoms with Crippen LogP contribution < -0.4 is 9.64 Å². The number of aromatic nitrogens is 3. The minimum atomic E-state index is -1.09. The Hall–Kier alpha value is -4.66. The van der Waals surface area contributed by atoms with Gasteiger partial charge >= 0.3 is 5.97 Å². The van der Waals surface area contributed by atoms with Gasteiger partial charge in [-0.15, -0.1) is 0 Å². The summed E-state index contributed by atoms with van der Waals surface area (Å²) >= 11 is 7.42. The van der Waals surface area contributed by atoms with Gasteiger partial charge in [-0.3, -0.25) is 0 Å². The molecule has 0 radical (unpaired) electrons. The molecule has 5 aromatic rings. The molecule has 8 bridgehead atoms. The van der Waals surface area contributed by atoms with E-state index < -0.39 is 17.7 Å². The number of methoxy groups -OCH3 is 1. The summed E-state index contributed by atoms with van der Waals surface area (Å²) in [5.41, 5.74) is 8.42. The third-order valence-electron chi connectivity index (χ3n) is 8.76. The zero-order valence-corrected chi connectivity index (χ0v) is 28.7. The van der Waals surface area contributed by atoms with Crippen molar-refractivity contribution in [2.45, 2.75) is 52.2 Å². The van der Waals surface area contributed by atoms with E-state index in [-0.39, 0.29) is 0 Å². The number of aryl methyl sites for hydroxylation is 2. The second kappa shape index (κ2) is 12.7. The van der Waals surface area contributed by atoms with Crippen LogP contribution in [0.1, 0.15) is 50.1 Å². The molecule has 48 heavy (non-hydrogen) atoms. The number of rotatable bonds is 3. The van der Waals surface area contributed by atoms with Crippen LogP contribution in [-0.2, 0) is 20.7 Å². The van der Waals surface area contributed by atoms with E-state index in [2.05, 4.69) is 65.6 Å². The first-order valence-corrected chi connectivity index (χ1v) is 16.7. The Kier molecular flexibility index (Phi) is 8.48. The molecule has 246 valence electrons. The lowest BCUT2D eigenvalue weighted by molar-refractivity contribution is -0.164. The second-order valence-electron chi connectivity index (χ2n) is 13.3.